The summed E-state index contributed by atoms with van der Waals surface area (Å²) in [6.45, 7) is 4.31. The number of hydrogen-bond acceptors (Lipinski definition) is 3. The number of rotatable bonds is 8. The summed E-state index contributed by atoms with van der Waals surface area (Å²) in [5.74, 6) is -0.328. The molecule has 0 aromatic heterocycles. The summed E-state index contributed by atoms with van der Waals surface area (Å²) < 4.78 is 0. The molecule has 2 unspecified atom stereocenters. The topological polar surface area (TPSA) is 58.2 Å². The highest BCUT2D eigenvalue weighted by atomic mass is 32.2. The minimum atomic E-state index is -0.568. The van der Waals surface area contributed by atoms with Gasteiger partial charge in [-0.3, -0.25) is 9.59 Å². The van der Waals surface area contributed by atoms with Crippen molar-refractivity contribution in [3.8, 4) is 0 Å². The van der Waals surface area contributed by atoms with Crippen molar-refractivity contribution >= 4 is 23.6 Å². The van der Waals surface area contributed by atoms with Gasteiger partial charge in [0, 0.05) is 11.4 Å². The Morgan fingerprint density at radius 1 is 0.960 bits per heavy atom. The first-order valence-corrected chi connectivity index (χ1v) is 9.34. The summed E-state index contributed by atoms with van der Waals surface area (Å²) in [5, 5.41) is 5.23. The van der Waals surface area contributed by atoms with Crippen LogP contribution in [0, 0.1) is 0 Å². The van der Waals surface area contributed by atoms with Crippen LogP contribution in [0.15, 0.2) is 65.6 Å². The SMILES string of the molecule is CCCNC(=O)C(C)NC(=O)C(Sc1ccccc1)c1ccccc1. The predicted octanol–water partition coefficient (Wildman–Crippen LogP) is 3.55. The zero-order valence-corrected chi connectivity index (χ0v) is 15.4. The molecule has 4 nitrogen and oxygen atoms in total. The molecule has 2 amide bonds. The number of benzene rings is 2. The molecule has 0 saturated heterocycles. The van der Waals surface area contributed by atoms with Gasteiger partial charge < -0.3 is 10.6 Å². The minimum Gasteiger partial charge on any atom is -0.354 e. The quantitative estimate of drug-likeness (QED) is 0.711. The fraction of sp³-hybridized carbons (Fsp3) is 0.300. The molecule has 0 radical (unpaired) electrons. The normalized spacial score (nSPS) is 12.9. The fourth-order valence-corrected chi connectivity index (χ4v) is 3.35. The molecule has 25 heavy (non-hydrogen) atoms. The van der Waals surface area contributed by atoms with Crippen LogP contribution in [0.5, 0.6) is 0 Å². The number of thioether (sulfide) groups is 1. The largest absolute Gasteiger partial charge is 0.354 e. The molecule has 2 atom stereocenters. The molecule has 2 aromatic carbocycles. The standard InChI is InChI=1S/C20H24N2O2S/c1-3-14-21-19(23)15(2)22-20(24)18(16-10-6-4-7-11-16)25-17-12-8-5-9-13-17/h4-13,15,18H,3,14H2,1-2H3,(H,21,23)(H,22,24). The van der Waals surface area contributed by atoms with E-state index in [1.165, 1.54) is 11.8 Å². The molecule has 0 bridgehead atoms. The molecule has 0 aliphatic carbocycles. The van der Waals surface area contributed by atoms with E-state index in [0.29, 0.717) is 6.54 Å². The van der Waals surface area contributed by atoms with Gasteiger partial charge in [0.25, 0.3) is 0 Å². The minimum absolute atomic E-state index is 0.160. The van der Waals surface area contributed by atoms with Gasteiger partial charge in [0.2, 0.25) is 11.8 Å². The van der Waals surface area contributed by atoms with E-state index in [9.17, 15) is 9.59 Å². The number of hydrogen-bond donors (Lipinski definition) is 2. The Hall–Kier alpha value is -2.27. The number of carbonyl (C=O) groups excluding carboxylic acids is 2. The summed E-state index contributed by atoms with van der Waals surface area (Å²) in [6, 6.07) is 18.8. The zero-order valence-electron chi connectivity index (χ0n) is 14.6. The molecule has 0 spiro atoms. The maximum atomic E-state index is 12.8. The third kappa shape index (κ3) is 5.94. The molecule has 132 valence electrons. The second-order valence-electron chi connectivity index (χ2n) is 5.74. The van der Waals surface area contributed by atoms with Gasteiger partial charge in [0.15, 0.2) is 0 Å². The molecule has 0 fully saturated rings. The lowest BCUT2D eigenvalue weighted by Crippen LogP contribution is -2.46. The summed E-state index contributed by atoms with van der Waals surface area (Å²) >= 11 is 1.48. The summed E-state index contributed by atoms with van der Waals surface area (Å²) in [6.07, 6.45) is 0.864. The van der Waals surface area contributed by atoms with Crippen LogP contribution in [0.1, 0.15) is 31.1 Å². The van der Waals surface area contributed by atoms with Gasteiger partial charge in [-0.15, -0.1) is 11.8 Å². The maximum Gasteiger partial charge on any atom is 0.242 e. The molecule has 5 heteroatoms. The molecule has 0 saturated carbocycles. The Morgan fingerprint density at radius 3 is 2.16 bits per heavy atom. The highest BCUT2D eigenvalue weighted by Crippen LogP contribution is 2.35. The second kappa shape index (κ2) is 9.89. The molecule has 2 rings (SSSR count). The first-order chi connectivity index (χ1) is 12.1. The monoisotopic (exact) mass is 356 g/mol. The van der Waals surface area contributed by atoms with Crippen LogP contribution >= 0.6 is 11.8 Å². The summed E-state index contributed by atoms with van der Waals surface area (Å²) in [4.78, 5) is 25.9. The molecular formula is C20H24N2O2S. The van der Waals surface area contributed by atoms with Crippen molar-refractivity contribution in [2.75, 3.05) is 6.54 Å². The molecular weight excluding hydrogens is 332 g/mol. The Bertz CT molecular complexity index is 677. The number of carbonyl (C=O) groups is 2. The Balaban J connectivity index is 2.12. The first kappa shape index (κ1) is 19.1. The van der Waals surface area contributed by atoms with E-state index >= 15 is 0 Å². The van der Waals surface area contributed by atoms with Crippen LogP contribution < -0.4 is 10.6 Å². The van der Waals surface area contributed by atoms with Crippen molar-refractivity contribution in [3.63, 3.8) is 0 Å². The van der Waals surface area contributed by atoms with E-state index in [1.54, 1.807) is 6.92 Å². The number of amides is 2. The van der Waals surface area contributed by atoms with E-state index < -0.39 is 11.3 Å². The zero-order chi connectivity index (χ0) is 18.1. The van der Waals surface area contributed by atoms with Gasteiger partial charge in [-0.2, -0.15) is 0 Å². The van der Waals surface area contributed by atoms with E-state index in [-0.39, 0.29) is 11.8 Å². The van der Waals surface area contributed by atoms with Crippen LogP contribution in [0.4, 0.5) is 0 Å². The Kier molecular flexibility index (Phi) is 7.54. The Morgan fingerprint density at radius 2 is 1.56 bits per heavy atom. The first-order valence-electron chi connectivity index (χ1n) is 8.46. The van der Waals surface area contributed by atoms with E-state index in [4.69, 9.17) is 0 Å². The molecule has 2 aromatic rings. The third-order valence-electron chi connectivity index (χ3n) is 3.64. The van der Waals surface area contributed by atoms with Crippen molar-refractivity contribution in [2.45, 2.75) is 36.5 Å². The van der Waals surface area contributed by atoms with Gasteiger partial charge in [0.1, 0.15) is 11.3 Å². The fourth-order valence-electron chi connectivity index (χ4n) is 2.29. The maximum absolute atomic E-state index is 12.8. The highest BCUT2D eigenvalue weighted by Gasteiger charge is 2.25. The molecule has 0 heterocycles. The lowest BCUT2D eigenvalue weighted by molar-refractivity contribution is -0.128. The van der Waals surface area contributed by atoms with Crippen LogP contribution in [-0.4, -0.2) is 24.4 Å². The van der Waals surface area contributed by atoms with Crippen molar-refractivity contribution in [2.24, 2.45) is 0 Å². The van der Waals surface area contributed by atoms with Crippen LogP contribution in [0.3, 0.4) is 0 Å². The van der Waals surface area contributed by atoms with Gasteiger partial charge in [-0.05, 0) is 31.0 Å². The molecule has 0 aliphatic heterocycles. The van der Waals surface area contributed by atoms with Crippen LogP contribution in [0.25, 0.3) is 0 Å². The molecule has 0 aliphatic rings. The predicted molar refractivity (Wildman–Crippen MR) is 102 cm³/mol. The van der Waals surface area contributed by atoms with Gasteiger partial charge >= 0.3 is 0 Å². The van der Waals surface area contributed by atoms with Gasteiger partial charge in [0.05, 0.1) is 0 Å². The average molecular weight is 356 g/mol. The lowest BCUT2D eigenvalue weighted by atomic mass is 10.1. The number of nitrogens with one attached hydrogen (secondary N) is 2. The molecule has 2 N–H and O–H groups in total. The average Bonchev–Trinajstić information content (AvgIpc) is 2.65. The summed E-state index contributed by atoms with van der Waals surface area (Å²) in [7, 11) is 0. The van der Waals surface area contributed by atoms with E-state index in [1.807, 2.05) is 67.6 Å². The summed E-state index contributed by atoms with van der Waals surface area (Å²) in [5.41, 5.74) is 0.912. The highest BCUT2D eigenvalue weighted by molar-refractivity contribution is 8.00. The smallest absolute Gasteiger partial charge is 0.242 e. The van der Waals surface area contributed by atoms with Crippen molar-refractivity contribution in [1.82, 2.24) is 10.6 Å². The van der Waals surface area contributed by atoms with Crippen molar-refractivity contribution < 1.29 is 9.59 Å². The van der Waals surface area contributed by atoms with Crippen LogP contribution in [-0.2, 0) is 9.59 Å². The van der Waals surface area contributed by atoms with Crippen molar-refractivity contribution in [3.05, 3.63) is 66.2 Å². The van der Waals surface area contributed by atoms with E-state index in [0.717, 1.165) is 16.9 Å². The Labute approximate surface area is 153 Å². The van der Waals surface area contributed by atoms with Gasteiger partial charge in [-0.25, -0.2) is 0 Å². The lowest BCUT2D eigenvalue weighted by Gasteiger charge is -2.20. The van der Waals surface area contributed by atoms with E-state index in [2.05, 4.69) is 10.6 Å². The third-order valence-corrected chi connectivity index (χ3v) is 4.91. The van der Waals surface area contributed by atoms with Crippen LogP contribution in [0.2, 0.25) is 0 Å². The van der Waals surface area contributed by atoms with Gasteiger partial charge in [-0.1, -0.05) is 55.5 Å². The van der Waals surface area contributed by atoms with Crippen molar-refractivity contribution in [1.29, 1.82) is 0 Å². The second-order valence-corrected chi connectivity index (χ2v) is 6.92.